The van der Waals surface area contributed by atoms with Crippen molar-refractivity contribution in [2.45, 2.75) is 83.6 Å². The summed E-state index contributed by atoms with van der Waals surface area (Å²) in [6, 6.07) is 6.45. The van der Waals surface area contributed by atoms with Crippen LogP contribution in [-0.4, -0.2) is 94.3 Å². The molecule has 2 aliphatic carbocycles. The molecule has 2 saturated carbocycles. The molecule has 3 atom stereocenters. The third kappa shape index (κ3) is 8.23. The molecule has 0 radical (unpaired) electrons. The molecule has 1 saturated heterocycles. The number of aliphatic hydroxyl groups is 1. The first-order chi connectivity index (χ1) is 21.7. The Morgan fingerprint density at radius 3 is 2.80 bits per heavy atom. The molecule has 2 aromatic rings. The second kappa shape index (κ2) is 15.2. The summed E-state index contributed by atoms with van der Waals surface area (Å²) in [7, 11) is 0. The molecule has 1 aromatic heterocycles. The zero-order valence-corrected chi connectivity index (χ0v) is 27.2. The van der Waals surface area contributed by atoms with Gasteiger partial charge in [-0.05, 0) is 76.1 Å². The largest absolute Gasteiger partial charge is 0.390 e. The molecule has 2 heterocycles. The van der Waals surface area contributed by atoms with Crippen LogP contribution in [-0.2, 0) is 14.3 Å². The van der Waals surface area contributed by atoms with E-state index in [0.717, 1.165) is 60.8 Å². The fourth-order valence-electron chi connectivity index (χ4n) is 6.23. The van der Waals surface area contributed by atoms with Gasteiger partial charge in [0.15, 0.2) is 5.13 Å². The van der Waals surface area contributed by atoms with E-state index in [-0.39, 0.29) is 36.5 Å². The van der Waals surface area contributed by atoms with Crippen molar-refractivity contribution in [2.24, 2.45) is 21.6 Å². The van der Waals surface area contributed by atoms with E-state index in [4.69, 9.17) is 10.5 Å². The van der Waals surface area contributed by atoms with Gasteiger partial charge in [-0.1, -0.05) is 30.4 Å². The highest BCUT2D eigenvalue weighted by Gasteiger charge is 2.41. The van der Waals surface area contributed by atoms with Crippen LogP contribution in [0.25, 0.3) is 16.3 Å². The lowest BCUT2D eigenvalue weighted by molar-refractivity contribution is -0.132. The van der Waals surface area contributed by atoms with Gasteiger partial charge < -0.3 is 25.8 Å². The van der Waals surface area contributed by atoms with Crippen molar-refractivity contribution in [1.29, 1.82) is 0 Å². The number of nitrogens with zero attached hydrogens (tertiary/aromatic N) is 5. The predicted molar refractivity (Wildman–Crippen MR) is 180 cm³/mol. The van der Waals surface area contributed by atoms with Crippen LogP contribution in [0.1, 0.15) is 64.9 Å². The predicted octanol–water partition coefficient (Wildman–Crippen LogP) is 4.19. The molecular formula is C33H45N7O4S. The van der Waals surface area contributed by atoms with Crippen LogP contribution in [0.3, 0.4) is 0 Å². The van der Waals surface area contributed by atoms with Gasteiger partial charge in [0.1, 0.15) is 18.1 Å². The molecule has 2 amide bonds. The van der Waals surface area contributed by atoms with E-state index < -0.39 is 6.10 Å². The number of nitrogens with one attached hydrogen (secondary N) is 1. The first kappa shape index (κ1) is 32.9. The molecule has 1 aromatic carbocycles. The van der Waals surface area contributed by atoms with Crippen molar-refractivity contribution in [1.82, 2.24) is 14.8 Å². The van der Waals surface area contributed by atoms with Crippen molar-refractivity contribution in [3.63, 3.8) is 0 Å². The van der Waals surface area contributed by atoms with E-state index in [9.17, 15) is 14.7 Å². The molecule has 0 unspecified atom stereocenters. The van der Waals surface area contributed by atoms with Crippen molar-refractivity contribution in [3.8, 4) is 0 Å². The molecule has 4 N–H and O–H groups in total. The molecule has 0 spiro atoms. The number of aromatic nitrogens is 1. The number of ether oxygens (including phenoxy) is 1. The second-order valence-corrected chi connectivity index (χ2v) is 13.1. The number of amidine groups is 1. The molecule has 1 aliphatic heterocycles. The summed E-state index contributed by atoms with van der Waals surface area (Å²) in [5.74, 6) is 0.305. The monoisotopic (exact) mass is 635 g/mol. The van der Waals surface area contributed by atoms with Gasteiger partial charge in [-0.3, -0.25) is 19.5 Å². The van der Waals surface area contributed by atoms with Crippen molar-refractivity contribution in [2.75, 3.05) is 31.6 Å². The maximum Gasteiger partial charge on any atom is 0.272 e. The minimum Gasteiger partial charge on any atom is -0.390 e. The number of anilines is 1. The highest BCUT2D eigenvalue weighted by atomic mass is 32.1. The Morgan fingerprint density at radius 2 is 2.09 bits per heavy atom. The maximum absolute atomic E-state index is 13.0. The molecular weight excluding hydrogens is 590 g/mol. The van der Waals surface area contributed by atoms with Gasteiger partial charge in [-0.25, -0.2) is 9.98 Å². The Hall–Kier alpha value is -3.45. The molecule has 242 valence electrons. The fraction of sp³-hybridized carbons (Fsp3) is 0.545. The highest BCUT2D eigenvalue weighted by Crippen LogP contribution is 2.36. The van der Waals surface area contributed by atoms with Crippen LogP contribution in [0, 0.1) is 5.92 Å². The summed E-state index contributed by atoms with van der Waals surface area (Å²) >= 11 is 1.45. The van der Waals surface area contributed by atoms with Crippen LogP contribution < -0.4 is 11.1 Å². The number of hydrogen-bond donors (Lipinski definition) is 3. The van der Waals surface area contributed by atoms with E-state index in [0.29, 0.717) is 35.8 Å². The molecule has 12 heteroatoms. The fourth-order valence-corrected chi connectivity index (χ4v) is 7.15. The molecule has 5 rings (SSSR count). The summed E-state index contributed by atoms with van der Waals surface area (Å²) in [4.78, 5) is 43.5. The highest BCUT2D eigenvalue weighted by molar-refractivity contribution is 7.22. The van der Waals surface area contributed by atoms with Gasteiger partial charge in [-0.15, -0.1) is 0 Å². The average Bonchev–Trinajstić information content (AvgIpc) is 3.60. The topological polar surface area (TPSA) is 146 Å². The van der Waals surface area contributed by atoms with E-state index in [1.54, 1.807) is 18.5 Å². The number of carbonyl (C=O) groups excluding carboxylic acids is 2. The number of thiazole rings is 1. The number of rotatable bonds is 11. The summed E-state index contributed by atoms with van der Waals surface area (Å²) in [6.07, 6.45) is 11.4. The van der Waals surface area contributed by atoms with Crippen LogP contribution in [0.4, 0.5) is 5.13 Å². The van der Waals surface area contributed by atoms with Gasteiger partial charge in [0.05, 0.1) is 22.4 Å². The summed E-state index contributed by atoms with van der Waals surface area (Å²) in [6.45, 7) is 8.31. The minimum absolute atomic E-state index is 0.00977. The number of allylic oxidation sites excluding steroid dienone is 1. The van der Waals surface area contributed by atoms with Crippen LogP contribution >= 0.6 is 11.3 Å². The molecule has 11 nitrogen and oxygen atoms in total. The van der Waals surface area contributed by atoms with Gasteiger partial charge >= 0.3 is 0 Å². The van der Waals surface area contributed by atoms with Gasteiger partial charge in [0, 0.05) is 50.1 Å². The standard InChI is InChI=1S/C33H45N7O4S/c1-4-12-35-25(5-2)32(43)39-14-15-40(21(3)19-39)24-17-23(18-24)31(42)38-33-37-26-10-9-22(16-29(26)45-33)11-13-36-30(34)20-44-28-8-6-7-27(28)41/h5,9-13,16,21,23-24,27-28,41H,4,6-8,14-15,17-20H2,1-3H3,(H2,34,36)(H,37,38,42)/b13-11+,25-5-,35-12-/t21-,23-,24+,27-,28-/m0/s1. The Labute approximate surface area is 268 Å². The number of hydrogen-bond acceptors (Lipinski definition) is 9. The Morgan fingerprint density at radius 1 is 1.27 bits per heavy atom. The summed E-state index contributed by atoms with van der Waals surface area (Å²) < 4.78 is 6.64. The number of amides is 2. The van der Waals surface area contributed by atoms with Crippen LogP contribution in [0.15, 0.2) is 46.2 Å². The van der Waals surface area contributed by atoms with E-state index in [1.807, 2.05) is 43.0 Å². The first-order valence-electron chi connectivity index (χ1n) is 16.0. The van der Waals surface area contributed by atoms with Crippen molar-refractivity contribution < 1.29 is 19.4 Å². The maximum atomic E-state index is 13.0. The van der Waals surface area contributed by atoms with E-state index in [2.05, 4.69) is 32.1 Å². The smallest absolute Gasteiger partial charge is 0.272 e. The third-order valence-electron chi connectivity index (χ3n) is 8.84. The molecule has 3 fully saturated rings. The number of fused-ring (bicyclic) bond motifs is 1. The quantitative estimate of drug-likeness (QED) is 0.191. The lowest BCUT2D eigenvalue weighted by Crippen LogP contribution is -2.60. The normalized spacial score (nSPS) is 26.7. The summed E-state index contributed by atoms with van der Waals surface area (Å²) in [5, 5.41) is 13.5. The number of aliphatic imine (C=N–C) groups is 2. The third-order valence-corrected chi connectivity index (χ3v) is 9.77. The first-order valence-corrected chi connectivity index (χ1v) is 16.8. The zero-order valence-electron chi connectivity index (χ0n) is 26.4. The van der Waals surface area contributed by atoms with E-state index >= 15 is 0 Å². The second-order valence-electron chi connectivity index (χ2n) is 12.1. The molecule has 3 aliphatic rings. The van der Waals surface area contributed by atoms with Crippen molar-refractivity contribution in [3.05, 3.63) is 41.7 Å². The van der Waals surface area contributed by atoms with Gasteiger partial charge in [-0.2, -0.15) is 0 Å². The van der Waals surface area contributed by atoms with Crippen LogP contribution in [0.5, 0.6) is 0 Å². The zero-order chi connectivity index (χ0) is 31.9. The SMILES string of the molecule is C/C=C(\N=C/CC)C(=O)N1CCN([C@H]2C[C@@H](C(=O)Nc3nc4ccc(/C=C/N=C(\N)CO[C@H]5CCC[C@@H]5O)cc4s3)C2)[C@@H](C)C1. The Kier molecular flexibility index (Phi) is 11.1. The van der Waals surface area contributed by atoms with Gasteiger partial charge in [0.25, 0.3) is 5.91 Å². The van der Waals surface area contributed by atoms with Crippen LogP contribution in [0.2, 0.25) is 0 Å². The summed E-state index contributed by atoms with van der Waals surface area (Å²) in [5.41, 5.74) is 8.24. The lowest BCUT2D eigenvalue weighted by atomic mass is 9.78. The molecule has 45 heavy (non-hydrogen) atoms. The number of nitrogens with two attached hydrogens (primary N) is 1. The number of carbonyl (C=O) groups is 2. The number of piperazine rings is 1. The Balaban J connectivity index is 1.08. The number of aliphatic hydroxyl groups excluding tert-OH is 1. The molecule has 0 bridgehead atoms. The number of benzene rings is 1. The van der Waals surface area contributed by atoms with E-state index in [1.165, 1.54) is 11.3 Å². The minimum atomic E-state index is -0.419. The van der Waals surface area contributed by atoms with Crippen molar-refractivity contribution >= 4 is 56.6 Å². The van der Waals surface area contributed by atoms with Gasteiger partial charge in [0.2, 0.25) is 5.91 Å². The lowest BCUT2D eigenvalue weighted by Gasteiger charge is -2.49. The Bertz CT molecular complexity index is 1480. The average molecular weight is 636 g/mol.